The van der Waals surface area contributed by atoms with Crippen LogP contribution in [0.5, 0.6) is 0 Å². The van der Waals surface area contributed by atoms with E-state index in [0.717, 1.165) is 29.4 Å². The topological polar surface area (TPSA) is 49.8 Å². The van der Waals surface area contributed by atoms with Gasteiger partial charge in [-0.25, -0.2) is 14.4 Å². The minimum Gasteiger partial charge on any atom is -0.373 e. The molecule has 1 aromatic carbocycles. The van der Waals surface area contributed by atoms with Crippen LogP contribution in [0, 0.1) is 5.82 Å². The highest BCUT2D eigenvalue weighted by Crippen LogP contribution is 2.13. The second kappa shape index (κ2) is 6.13. The highest BCUT2D eigenvalue weighted by molar-refractivity contribution is 5.47. The number of rotatable bonds is 5. The molecule has 0 aliphatic carbocycles. The van der Waals surface area contributed by atoms with Gasteiger partial charge >= 0.3 is 0 Å². The van der Waals surface area contributed by atoms with E-state index in [2.05, 4.69) is 20.6 Å². The number of aromatic nitrogens is 2. The Bertz CT molecular complexity index is 517. The number of aryl methyl sites for hydroxylation is 1. The van der Waals surface area contributed by atoms with Crippen LogP contribution in [-0.4, -0.2) is 17.0 Å². The summed E-state index contributed by atoms with van der Waals surface area (Å²) in [6.45, 7) is 2.61. The van der Waals surface area contributed by atoms with E-state index < -0.39 is 0 Å². The molecular formula is C14H17FN4. The van der Waals surface area contributed by atoms with E-state index in [9.17, 15) is 4.39 Å². The van der Waals surface area contributed by atoms with Crippen LogP contribution in [0.2, 0.25) is 0 Å². The van der Waals surface area contributed by atoms with E-state index in [1.165, 1.54) is 12.1 Å². The van der Waals surface area contributed by atoms with Crippen LogP contribution in [-0.2, 0) is 13.0 Å². The first-order valence-electron chi connectivity index (χ1n) is 6.25. The first kappa shape index (κ1) is 13.3. The maximum absolute atomic E-state index is 12.8. The van der Waals surface area contributed by atoms with Gasteiger partial charge in [0.25, 0.3) is 0 Å². The molecule has 0 spiro atoms. The van der Waals surface area contributed by atoms with Gasteiger partial charge < -0.3 is 10.6 Å². The van der Waals surface area contributed by atoms with E-state index in [4.69, 9.17) is 0 Å². The van der Waals surface area contributed by atoms with Gasteiger partial charge in [-0.3, -0.25) is 0 Å². The number of hydrogen-bond acceptors (Lipinski definition) is 4. The summed E-state index contributed by atoms with van der Waals surface area (Å²) in [5, 5.41) is 6.22. The van der Waals surface area contributed by atoms with Crippen LogP contribution < -0.4 is 10.6 Å². The minimum absolute atomic E-state index is 0.225. The van der Waals surface area contributed by atoms with Gasteiger partial charge in [-0.15, -0.1) is 0 Å². The van der Waals surface area contributed by atoms with Gasteiger partial charge in [0.2, 0.25) is 0 Å². The Balaban J connectivity index is 2.08. The van der Waals surface area contributed by atoms with Crippen LogP contribution in [0.4, 0.5) is 16.0 Å². The molecule has 2 rings (SSSR count). The molecule has 1 aromatic heterocycles. The Morgan fingerprint density at radius 1 is 1.11 bits per heavy atom. The van der Waals surface area contributed by atoms with Crippen molar-refractivity contribution < 1.29 is 4.39 Å². The maximum Gasteiger partial charge on any atom is 0.132 e. The van der Waals surface area contributed by atoms with Crippen molar-refractivity contribution in [1.29, 1.82) is 0 Å². The number of benzene rings is 1. The average Bonchev–Trinajstić information content (AvgIpc) is 2.46. The van der Waals surface area contributed by atoms with Crippen molar-refractivity contribution in [2.45, 2.75) is 19.9 Å². The van der Waals surface area contributed by atoms with Crippen molar-refractivity contribution in [1.82, 2.24) is 9.97 Å². The summed E-state index contributed by atoms with van der Waals surface area (Å²) < 4.78 is 12.8. The predicted molar refractivity (Wildman–Crippen MR) is 74.7 cm³/mol. The summed E-state index contributed by atoms with van der Waals surface area (Å²) in [5.41, 5.74) is 1.00. The third kappa shape index (κ3) is 3.64. The van der Waals surface area contributed by atoms with Crippen LogP contribution in [0.3, 0.4) is 0 Å². The Hall–Kier alpha value is -2.17. The number of nitrogens with zero attached hydrogens (tertiary/aromatic N) is 2. The zero-order valence-corrected chi connectivity index (χ0v) is 11.1. The fourth-order valence-electron chi connectivity index (χ4n) is 1.67. The minimum atomic E-state index is -0.225. The van der Waals surface area contributed by atoms with E-state index in [1.54, 1.807) is 12.1 Å². The van der Waals surface area contributed by atoms with E-state index in [1.807, 2.05) is 20.0 Å². The van der Waals surface area contributed by atoms with Crippen LogP contribution in [0.1, 0.15) is 18.3 Å². The lowest BCUT2D eigenvalue weighted by molar-refractivity contribution is 0.627. The largest absolute Gasteiger partial charge is 0.373 e. The average molecular weight is 260 g/mol. The molecule has 0 bridgehead atoms. The maximum atomic E-state index is 12.8. The highest BCUT2D eigenvalue weighted by atomic mass is 19.1. The molecule has 0 fully saturated rings. The fraction of sp³-hybridized carbons (Fsp3) is 0.286. The summed E-state index contributed by atoms with van der Waals surface area (Å²) in [5.74, 6) is 2.11. The van der Waals surface area contributed by atoms with Gasteiger partial charge in [0.05, 0.1) is 0 Å². The van der Waals surface area contributed by atoms with Crippen molar-refractivity contribution in [3.8, 4) is 0 Å². The molecule has 0 amide bonds. The summed E-state index contributed by atoms with van der Waals surface area (Å²) in [6.07, 6.45) is 0.779. The summed E-state index contributed by atoms with van der Waals surface area (Å²) in [6, 6.07) is 8.26. The smallest absolute Gasteiger partial charge is 0.132 e. The fourth-order valence-corrected chi connectivity index (χ4v) is 1.67. The lowest BCUT2D eigenvalue weighted by Crippen LogP contribution is -2.06. The second-order valence-electron chi connectivity index (χ2n) is 4.14. The first-order valence-corrected chi connectivity index (χ1v) is 6.25. The van der Waals surface area contributed by atoms with Crippen molar-refractivity contribution >= 4 is 11.6 Å². The first-order chi connectivity index (χ1) is 9.21. The van der Waals surface area contributed by atoms with Gasteiger partial charge in [0, 0.05) is 26.1 Å². The van der Waals surface area contributed by atoms with Crippen LogP contribution in [0.15, 0.2) is 30.3 Å². The molecular weight excluding hydrogens is 243 g/mol. The Morgan fingerprint density at radius 3 is 2.42 bits per heavy atom. The Kier molecular flexibility index (Phi) is 4.28. The molecule has 100 valence electrons. The van der Waals surface area contributed by atoms with Crippen molar-refractivity contribution in [2.24, 2.45) is 0 Å². The van der Waals surface area contributed by atoms with E-state index >= 15 is 0 Å². The van der Waals surface area contributed by atoms with Gasteiger partial charge in [-0.05, 0) is 17.7 Å². The number of halogens is 1. The number of hydrogen-bond donors (Lipinski definition) is 2. The second-order valence-corrected chi connectivity index (χ2v) is 4.14. The summed E-state index contributed by atoms with van der Waals surface area (Å²) in [4.78, 5) is 8.72. The lowest BCUT2D eigenvalue weighted by Gasteiger charge is -2.09. The summed E-state index contributed by atoms with van der Waals surface area (Å²) in [7, 11) is 1.82. The summed E-state index contributed by atoms with van der Waals surface area (Å²) >= 11 is 0. The third-order valence-corrected chi connectivity index (χ3v) is 2.73. The molecule has 0 aliphatic rings. The monoisotopic (exact) mass is 260 g/mol. The van der Waals surface area contributed by atoms with Gasteiger partial charge in [-0.2, -0.15) is 0 Å². The molecule has 0 atom stereocenters. The lowest BCUT2D eigenvalue weighted by atomic mass is 10.2. The molecule has 0 saturated heterocycles. The predicted octanol–water partition coefficient (Wildman–Crippen LogP) is 2.83. The molecule has 19 heavy (non-hydrogen) atoms. The molecule has 5 heteroatoms. The Labute approximate surface area is 112 Å². The zero-order chi connectivity index (χ0) is 13.7. The molecule has 2 N–H and O–H groups in total. The highest BCUT2D eigenvalue weighted by Gasteiger charge is 2.02. The molecule has 4 nitrogen and oxygen atoms in total. The SMILES string of the molecule is CCc1nc(NC)cc(NCc2ccc(F)cc2)n1. The molecule has 0 radical (unpaired) electrons. The molecule has 0 unspecified atom stereocenters. The van der Waals surface area contributed by atoms with E-state index in [0.29, 0.717) is 6.54 Å². The standard InChI is InChI=1S/C14H17FN4/c1-3-12-18-13(16-2)8-14(19-12)17-9-10-4-6-11(15)7-5-10/h4-8H,3,9H2,1-2H3,(H2,16,17,18,19). The molecule has 2 aromatic rings. The quantitative estimate of drug-likeness (QED) is 0.868. The third-order valence-electron chi connectivity index (χ3n) is 2.73. The van der Waals surface area contributed by atoms with E-state index in [-0.39, 0.29) is 5.82 Å². The number of nitrogens with one attached hydrogen (secondary N) is 2. The molecule has 1 heterocycles. The van der Waals surface area contributed by atoms with Gasteiger partial charge in [0.1, 0.15) is 23.3 Å². The molecule has 0 aliphatic heterocycles. The van der Waals surface area contributed by atoms with Gasteiger partial charge in [-0.1, -0.05) is 19.1 Å². The van der Waals surface area contributed by atoms with Crippen LogP contribution >= 0.6 is 0 Å². The van der Waals surface area contributed by atoms with Crippen molar-refractivity contribution in [3.63, 3.8) is 0 Å². The zero-order valence-electron chi connectivity index (χ0n) is 11.1. The van der Waals surface area contributed by atoms with Crippen LogP contribution in [0.25, 0.3) is 0 Å². The normalized spacial score (nSPS) is 10.3. The Morgan fingerprint density at radius 2 is 1.79 bits per heavy atom. The number of anilines is 2. The van der Waals surface area contributed by atoms with Crippen molar-refractivity contribution in [2.75, 3.05) is 17.7 Å². The molecule has 0 saturated carbocycles. The van der Waals surface area contributed by atoms with Gasteiger partial charge in [0.15, 0.2) is 0 Å². The van der Waals surface area contributed by atoms with Crippen molar-refractivity contribution in [3.05, 3.63) is 47.5 Å².